The zero-order valence-electron chi connectivity index (χ0n) is 10.9. The summed E-state index contributed by atoms with van der Waals surface area (Å²) in [5.41, 5.74) is 3.80. The van der Waals surface area contributed by atoms with Gasteiger partial charge in [0.15, 0.2) is 0 Å². The second-order valence-corrected chi connectivity index (χ2v) is 6.37. The minimum Gasteiger partial charge on any atom is -0.256 e. The van der Waals surface area contributed by atoms with E-state index in [1.165, 1.54) is 21.4 Å². The van der Waals surface area contributed by atoms with Gasteiger partial charge in [-0.05, 0) is 35.4 Å². The Morgan fingerprint density at radius 3 is 2.65 bits per heavy atom. The molecule has 1 heterocycles. The number of hydrogen-bond donors (Lipinski definition) is 0. The molecular formula is C17H14INS. The average Bonchev–Trinajstić information content (AvgIpc) is 2.53. The van der Waals surface area contributed by atoms with E-state index in [0.29, 0.717) is 0 Å². The van der Waals surface area contributed by atoms with Gasteiger partial charge in [-0.1, -0.05) is 52.9 Å². The van der Waals surface area contributed by atoms with Crippen molar-refractivity contribution in [3.8, 4) is 0 Å². The summed E-state index contributed by atoms with van der Waals surface area (Å²) in [5.74, 6) is 1.01. The van der Waals surface area contributed by atoms with Crippen LogP contribution in [0.15, 0.2) is 65.7 Å². The quantitative estimate of drug-likeness (QED) is 0.333. The van der Waals surface area contributed by atoms with Crippen LogP contribution >= 0.6 is 34.4 Å². The van der Waals surface area contributed by atoms with Gasteiger partial charge in [0, 0.05) is 26.7 Å². The van der Waals surface area contributed by atoms with E-state index in [-0.39, 0.29) is 0 Å². The highest BCUT2D eigenvalue weighted by molar-refractivity contribution is 14.1. The summed E-state index contributed by atoms with van der Waals surface area (Å²) in [6.07, 6.45) is 1.90. The van der Waals surface area contributed by atoms with Crippen LogP contribution in [0, 0.1) is 0 Å². The molecular weight excluding hydrogens is 377 g/mol. The largest absolute Gasteiger partial charge is 0.256 e. The van der Waals surface area contributed by atoms with Crippen LogP contribution in [0.5, 0.6) is 0 Å². The molecule has 1 nitrogen and oxygen atoms in total. The van der Waals surface area contributed by atoms with Gasteiger partial charge in [-0.25, -0.2) is 0 Å². The molecule has 3 heteroatoms. The lowest BCUT2D eigenvalue weighted by atomic mass is 10.1. The van der Waals surface area contributed by atoms with E-state index >= 15 is 0 Å². The van der Waals surface area contributed by atoms with E-state index in [1.807, 2.05) is 18.0 Å². The Morgan fingerprint density at radius 2 is 1.85 bits per heavy atom. The molecule has 0 saturated heterocycles. The van der Waals surface area contributed by atoms with Crippen molar-refractivity contribution >= 4 is 45.3 Å². The van der Waals surface area contributed by atoms with Crippen molar-refractivity contribution in [2.75, 3.05) is 0 Å². The number of rotatable bonds is 4. The standard InChI is InChI=1S/C17H14INS/c18-11-14-8-9-19-17-7-6-15(10-16(14)17)20-12-13-4-2-1-3-5-13/h1-10H,11-12H2. The van der Waals surface area contributed by atoms with E-state index in [9.17, 15) is 0 Å². The van der Waals surface area contributed by atoms with Gasteiger partial charge in [-0.2, -0.15) is 0 Å². The lowest BCUT2D eigenvalue weighted by molar-refractivity contribution is 1.33. The number of benzene rings is 2. The lowest BCUT2D eigenvalue weighted by Gasteiger charge is -2.06. The van der Waals surface area contributed by atoms with Crippen LogP contribution in [0.4, 0.5) is 0 Å². The van der Waals surface area contributed by atoms with Crippen LogP contribution in [0.2, 0.25) is 0 Å². The van der Waals surface area contributed by atoms with E-state index in [4.69, 9.17) is 0 Å². The van der Waals surface area contributed by atoms with Crippen LogP contribution in [0.25, 0.3) is 10.9 Å². The smallest absolute Gasteiger partial charge is 0.0705 e. The summed E-state index contributed by atoms with van der Waals surface area (Å²) in [7, 11) is 0. The minimum atomic E-state index is 1.01. The Hall–Kier alpha value is -1.07. The summed E-state index contributed by atoms with van der Waals surface area (Å²) >= 11 is 4.29. The molecule has 0 atom stereocenters. The third-order valence-electron chi connectivity index (χ3n) is 3.20. The Morgan fingerprint density at radius 1 is 1.00 bits per heavy atom. The summed E-state index contributed by atoms with van der Waals surface area (Å²) in [6, 6.07) is 19.3. The van der Waals surface area contributed by atoms with Gasteiger partial charge in [0.25, 0.3) is 0 Å². The van der Waals surface area contributed by atoms with Gasteiger partial charge in [-0.3, -0.25) is 4.98 Å². The van der Waals surface area contributed by atoms with E-state index < -0.39 is 0 Å². The zero-order valence-corrected chi connectivity index (χ0v) is 13.9. The molecule has 0 amide bonds. The summed E-state index contributed by atoms with van der Waals surface area (Å²) in [6.45, 7) is 0. The van der Waals surface area contributed by atoms with Crippen LogP contribution in [-0.2, 0) is 10.2 Å². The molecule has 100 valence electrons. The maximum atomic E-state index is 4.44. The number of fused-ring (bicyclic) bond motifs is 1. The molecule has 0 aliphatic rings. The second kappa shape index (κ2) is 6.59. The number of alkyl halides is 1. The molecule has 0 spiro atoms. The van der Waals surface area contributed by atoms with Gasteiger partial charge in [0.2, 0.25) is 0 Å². The fourth-order valence-electron chi connectivity index (χ4n) is 2.13. The number of halogens is 1. The van der Waals surface area contributed by atoms with Gasteiger partial charge >= 0.3 is 0 Å². The van der Waals surface area contributed by atoms with Crippen molar-refractivity contribution in [2.45, 2.75) is 15.1 Å². The molecule has 3 aromatic rings. The number of hydrogen-bond acceptors (Lipinski definition) is 2. The van der Waals surface area contributed by atoms with E-state index in [2.05, 4.69) is 82.2 Å². The number of nitrogens with zero attached hydrogens (tertiary/aromatic N) is 1. The number of pyridine rings is 1. The van der Waals surface area contributed by atoms with Gasteiger partial charge in [0.05, 0.1) is 5.52 Å². The maximum Gasteiger partial charge on any atom is 0.0705 e. The van der Waals surface area contributed by atoms with Crippen molar-refractivity contribution in [1.82, 2.24) is 4.98 Å². The highest BCUT2D eigenvalue weighted by Crippen LogP contribution is 2.28. The molecule has 0 fully saturated rings. The highest BCUT2D eigenvalue weighted by atomic mass is 127. The van der Waals surface area contributed by atoms with E-state index in [0.717, 1.165) is 15.7 Å². The number of aromatic nitrogens is 1. The van der Waals surface area contributed by atoms with Crippen molar-refractivity contribution in [3.63, 3.8) is 0 Å². The first-order valence-electron chi connectivity index (χ1n) is 6.47. The first kappa shape index (κ1) is 13.9. The maximum absolute atomic E-state index is 4.44. The van der Waals surface area contributed by atoms with Crippen molar-refractivity contribution in [3.05, 3.63) is 71.9 Å². The highest BCUT2D eigenvalue weighted by Gasteiger charge is 2.03. The minimum absolute atomic E-state index is 1.01. The summed E-state index contributed by atoms with van der Waals surface area (Å²) in [4.78, 5) is 5.74. The average molecular weight is 391 g/mol. The summed E-state index contributed by atoms with van der Waals surface area (Å²) in [5, 5.41) is 1.28. The topological polar surface area (TPSA) is 12.9 Å². The van der Waals surface area contributed by atoms with Crippen molar-refractivity contribution < 1.29 is 0 Å². The zero-order chi connectivity index (χ0) is 13.8. The lowest BCUT2D eigenvalue weighted by Crippen LogP contribution is -1.86. The molecule has 20 heavy (non-hydrogen) atoms. The van der Waals surface area contributed by atoms with Crippen LogP contribution in [0.1, 0.15) is 11.1 Å². The Labute approximate surface area is 137 Å². The monoisotopic (exact) mass is 391 g/mol. The molecule has 0 unspecified atom stereocenters. The molecule has 0 saturated carbocycles. The molecule has 0 N–H and O–H groups in total. The van der Waals surface area contributed by atoms with Gasteiger partial charge in [0.1, 0.15) is 0 Å². The van der Waals surface area contributed by atoms with Gasteiger partial charge < -0.3 is 0 Å². The Balaban J connectivity index is 1.85. The molecule has 1 aromatic heterocycles. The Bertz CT molecular complexity index is 713. The third kappa shape index (κ3) is 3.15. The summed E-state index contributed by atoms with van der Waals surface area (Å²) < 4.78 is 1.02. The molecule has 2 aromatic carbocycles. The van der Waals surface area contributed by atoms with Crippen molar-refractivity contribution in [1.29, 1.82) is 0 Å². The molecule has 3 rings (SSSR count). The van der Waals surface area contributed by atoms with E-state index in [1.54, 1.807) is 0 Å². The predicted octanol–water partition coefficient (Wildman–Crippen LogP) is 5.46. The third-order valence-corrected chi connectivity index (χ3v) is 5.08. The Kier molecular flexibility index (Phi) is 4.58. The molecule has 0 aliphatic heterocycles. The molecule has 0 bridgehead atoms. The first-order chi connectivity index (χ1) is 9.86. The van der Waals surface area contributed by atoms with Crippen LogP contribution < -0.4 is 0 Å². The fraction of sp³-hybridized carbons (Fsp3) is 0.118. The molecule has 0 aliphatic carbocycles. The predicted molar refractivity (Wildman–Crippen MR) is 95.5 cm³/mol. The van der Waals surface area contributed by atoms with Crippen LogP contribution in [0.3, 0.4) is 0 Å². The second-order valence-electron chi connectivity index (χ2n) is 4.56. The van der Waals surface area contributed by atoms with Gasteiger partial charge in [-0.15, -0.1) is 11.8 Å². The number of thioether (sulfide) groups is 1. The normalized spacial score (nSPS) is 10.8. The SMILES string of the molecule is ICc1ccnc2ccc(SCc3ccccc3)cc12. The van der Waals surface area contributed by atoms with Crippen LogP contribution in [-0.4, -0.2) is 4.98 Å². The molecule has 0 radical (unpaired) electrons. The fourth-order valence-corrected chi connectivity index (χ4v) is 3.69. The van der Waals surface area contributed by atoms with Crippen molar-refractivity contribution in [2.24, 2.45) is 0 Å². The first-order valence-corrected chi connectivity index (χ1v) is 8.98.